The van der Waals surface area contributed by atoms with Crippen molar-refractivity contribution in [2.24, 2.45) is 0 Å². The summed E-state index contributed by atoms with van der Waals surface area (Å²) in [6, 6.07) is 17.0. The molecular formula is C17H15NS. The van der Waals surface area contributed by atoms with E-state index in [4.69, 9.17) is 12.2 Å². The molecule has 1 aromatic heterocycles. The zero-order chi connectivity index (χ0) is 13.4. The van der Waals surface area contributed by atoms with Crippen LogP contribution in [0.3, 0.4) is 0 Å². The van der Waals surface area contributed by atoms with Gasteiger partial charge in [-0.15, -0.1) is 0 Å². The van der Waals surface area contributed by atoms with Crippen molar-refractivity contribution in [3.05, 3.63) is 60.3 Å². The zero-order valence-electron chi connectivity index (χ0n) is 11.1. The summed E-state index contributed by atoms with van der Waals surface area (Å²) in [5.41, 5.74) is 4.92. The Bertz CT molecular complexity index is 751. The van der Waals surface area contributed by atoms with Gasteiger partial charge in [0.25, 0.3) is 0 Å². The maximum atomic E-state index is 5.34. The highest BCUT2D eigenvalue weighted by atomic mass is 32.1. The second-order valence-electron chi connectivity index (χ2n) is 4.81. The molecule has 0 amide bonds. The minimum absolute atomic E-state index is 0.870. The van der Waals surface area contributed by atoms with Crippen molar-refractivity contribution < 1.29 is 0 Å². The summed E-state index contributed by atoms with van der Waals surface area (Å²) in [6.45, 7) is 4.06. The Hall–Kier alpha value is -1.93. The number of hydrogen-bond donors (Lipinski definition) is 0. The van der Waals surface area contributed by atoms with Crippen LogP contribution in [0.15, 0.2) is 54.7 Å². The number of para-hydroxylation sites is 1. The van der Waals surface area contributed by atoms with E-state index < -0.39 is 0 Å². The van der Waals surface area contributed by atoms with Crippen LogP contribution in [0, 0.1) is 6.92 Å². The van der Waals surface area contributed by atoms with Crippen molar-refractivity contribution in [1.82, 2.24) is 4.57 Å². The van der Waals surface area contributed by atoms with Crippen LogP contribution in [0.1, 0.15) is 12.5 Å². The molecule has 0 fully saturated rings. The van der Waals surface area contributed by atoms with Crippen molar-refractivity contribution in [1.29, 1.82) is 0 Å². The lowest BCUT2D eigenvalue weighted by Gasteiger charge is -2.00. The van der Waals surface area contributed by atoms with Gasteiger partial charge < -0.3 is 4.57 Å². The van der Waals surface area contributed by atoms with Gasteiger partial charge in [-0.1, -0.05) is 60.2 Å². The lowest BCUT2D eigenvalue weighted by atomic mass is 10.0. The quantitative estimate of drug-likeness (QED) is 0.571. The van der Waals surface area contributed by atoms with Gasteiger partial charge in [0.1, 0.15) is 0 Å². The van der Waals surface area contributed by atoms with Crippen LogP contribution >= 0.6 is 12.2 Å². The van der Waals surface area contributed by atoms with Crippen LogP contribution in [0.25, 0.3) is 22.0 Å². The van der Waals surface area contributed by atoms with Gasteiger partial charge in [0.15, 0.2) is 0 Å². The minimum Gasteiger partial charge on any atom is -0.310 e. The third kappa shape index (κ3) is 2.08. The van der Waals surface area contributed by atoms with Crippen molar-refractivity contribution in [2.75, 3.05) is 0 Å². The zero-order valence-corrected chi connectivity index (χ0v) is 11.9. The number of thiocarbonyl (C=S) groups is 1. The Labute approximate surface area is 118 Å². The fourth-order valence-electron chi connectivity index (χ4n) is 2.40. The SMILES string of the molecule is CC(=S)n1cc(-c2ccc(C)cc2)c2ccccc21. The molecule has 0 saturated heterocycles. The van der Waals surface area contributed by atoms with Gasteiger partial charge in [-0.05, 0) is 25.5 Å². The Morgan fingerprint density at radius 3 is 2.37 bits per heavy atom. The number of aromatic nitrogens is 1. The van der Waals surface area contributed by atoms with Crippen molar-refractivity contribution in [3.8, 4) is 11.1 Å². The summed E-state index contributed by atoms with van der Waals surface area (Å²) in [5, 5.41) is 1.25. The smallest absolute Gasteiger partial charge is 0.0833 e. The van der Waals surface area contributed by atoms with Gasteiger partial charge in [0, 0.05) is 17.1 Å². The van der Waals surface area contributed by atoms with E-state index in [0.29, 0.717) is 0 Å². The van der Waals surface area contributed by atoms with Crippen LogP contribution in [0.2, 0.25) is 0 Å². The molecule has 1 heterocycles. The molecule has 0 aliphatic carbocycles. The average Bonchev–Trinajstić information content (AvgIpc) is 2.79. The van der Waals surface area contributed by atoms with Gasteiger partial charge in [-0.3, -0.25) is 0 Å². The summed E-state index contributed by atoms with van der Waals surface area (Å²) in [4.78, 5) is 0.870. The molecule has 0 N–H and O–H groups in total. The van der Waals surface area contributed by atoms with Crippen LogP contribution in [-0.2, 0) is 0 Å². The van der Waals surface area contributed by atoms with E-state index in [1.54, 1.807) is 0 Å². The van der Waals surface area contributed by atoms with Gasteiger partial charge in [0.05, 0.1) is 10.5 Å². The molecule has 2 aromatic carbocycles. The van der Waals surface area contributed by atoms with E-state index >= 15 is 0 Å². The van der Waals surface area contributed by atoms with Gasteiger partial charge in [-0.2, -0.15) is 0 Å². The lowest BCUT2D eigenvalue weighted by Crippen LogP contribution is -2.01. The van der Waals surface area contributed by atoms with E-state index in [1.165, 1.54) is 27.6 Å². The van der Waals surface area contributed by atoms with Crippen LogP contribution in [-0.4, -0.2) is 9.56 Å². The van der Waals surface area contributed by atoms with E-state index in [0.717, 1.165) is 4.99 Å². The first-order valence-electron chi connectivity index (χ1n) is 6.35. The highest BCUT2D eigenvalue weighted by Gasteiger charge is 2.10. The third-order valence-corrected chi connectivity index (χ3v) is 3.61. The Morgan fingerprint density at radius 1 is 1.00 bits per heavy atom. The normalized spacial score (nSPS) is 10.8. The van der Waals surface area contributed by atoms with E-state index in [1.807, 2.05) is 6.92 Å². The second-order valence-corrected chi connectivity index (χ2v) is 5.41. The van der Waals surface area contributed by atoms with Gasteiger partial charge in [0.2, 0.25) is 0 Å². The predicted octanol–water partition coefficient (Wildman–Crippen LogP) is 4.81. The van der Waals surface area contributed by atoms with E-state index in [-0.39, 0.29) is 0 Å². The van der Waals surface area contributed by atoms with Gasteiger partial charge in [-0.25, -0.2) is 0 Å². The molecule has 0 spiro atoms. The first-order valence-corrected chi connectivity index (χ1v) is 6.76. The van der Waals surface area contributed by atoms with Crippen LogP contribution in [0.4, 0.5) is 0 Å². The maximum Gasteiger partial charge on any atom is 0.0833 e. The monoisotopic (exact) mass is 265 g/mol. The molecule has 0 atom stereocenters. The number of benzene rings is 2. The summed E-state index contributed by atoms with van der Waals surface area (Å²) < 4.78 is 2.08. The molecule has 19 heavy (non-hydrogen) atoms. The molecule has 3 rings (SSSR count). The predicted molar refractivity (Wildman–Crippen MR) is 85.8 cm³/mol. The fourth-order valence-corrected chi connectivity index (χ4v) is 2.55. The molecule has 94 valence electrons. The molecule has 0 unspecified atom stereocenters. The summed E-state index contributed by atoms with van der Waals surface area (Å²) in [5.74, 6) is 0. The van der Waals surface area contributed by atoms with Gasteiger partial charge >= 0.3 is 0 Å². The maximum absolute atomic E-state index is 5.34. The van der Waals surface area contributed by atoms with Crippen molar-refractivity contribution in [3.63, 3.8) is 0 Å². The van der Waals surface area contributed by atoms with Crippen LogP contribution in [0.5, 0.6) is 0 Å². The largest absolute Gasteiger partial charge is 0.310 e. The molecule has 0 aliphatic rings. The third-order valence-electron chi connectivity index (χ3n) is 3.41. The standard InChI is InChI=1S/C17H15NS/c1-12-7-9-14(10-8-12)16-11-18(13(2)19)17-6-4-3-5-15(16)17/h3-11H,1-2H3. The first kappa shape index (κ1) is 12.1. The number of hydrogen-bond acceptors (Lipinski definition) is 1. The lowest BCUT2D eigenvalue weighted by molar-refractivity contribution is 1.24. The summed E-state index contributed by atoms with van der Waals surface area (Å²) in [6.07, 6.45) is 2.14. The highest BCUT2D eigenvalue weighted by molar-refractivity contribution is 7.80. The second kappa shape index (κ2) is 4.63. The minimum atomic E-state index is 0.870. The molecule has 1 nitrogen and oxygen atoms in total. The Balaban J connectivity index is 2.29. The molecule has 0 aliphatic heterocycles. The van der Waals surface area contributed by atoms with Crippen molar-refractivity contribution >= 4 is 28.1 Å². The molecule has 2 heteroatoms. The number of rotatable bonds is 1. The molecular weight excluding hydrogens is 250 g/mol. The molecule has 0 saturated carbocycles. The molecule has 3 aromatic rings. The van der Waals surface area contributed by atoms with Crippen molar-refractivity contribution in [2.45, 2.75) is 13.8 Å². The van der Waals surface area contributed by atoms with E-state index in [9.17, 15) is 0 Å². The number of fused-ring (bicyclic) bond motifs is 1. The average molecular weight is 265 g/mol. The highest BCUT2D eigenvalue weighted by Crippen LogP contribution is 2.30. The first-order chi connectivity index (χ1) is 9.16. The number of aryl methyl sites for hydroxylation is 1. The number of nitrogens with zero attached hydrogens (tertiary/aromatic N) is 1. The van der Waals surface area contributed by atoms with E-state index in [2.05, 4.69) is 66.2 Å². The van der Waals surface area contributed by atoms with Crippen LogP contribution < -0.4 is 0 Å². The summed E-state index contributed by atoms with van der Waals surface area (Å²) >= 11 is 5.34. The Kier molecular flexibility index (Phi) is 2.96. The molecule has 0 bridgehead atoms. The topological polar surface area (TPSA) is 4.93 Å². The summed E-state index contributed by atoms with van der Waals surface area (Å²) in [7, 11) is 0. The Morgan fingerprint density at radius 2 is 1.68 bits per heavy atom. The fraction of sp³-hybridized carbons (Fsp3) is 0.118. The molecule has 0 radical (unpaired) electrons.